The van der Waals surface area contributed by atoms with Crippen LogP contribution < -0.4 is 11.1 Å². The van der Waals surface area contributed by atoms with Crippen molar-refractivity contribution in [3.8, 4) is 0 Å². The van der Waals surface area contributed by atoms with Gasteiger partial charge in [-0.05, 0) is 62.2 Å². The normalized spacial score (nSPS) is 12.5. The lowest BCUT2D eigenvalue weighted by Crippen LogP contribution is -2.41. The second-order valence-corrected chi connectivity index (χ2v) is 12.1. The number of nitrogens with one attached hydrogen (secondary N) is 1. The maximum Gasteiger partial charge on any atom is 0.294 e. The van der Waals surface area contributed by atoms with E-state index in [-0.39, 0.29) is 15.8 Å². The zero-order valence-corrected chi connectivity index (χ0v) is 24.5. The third-order valence-corrected chi connectivity index (χ3v) is 7.47. The summed E-state index contributed by atoms with van der Waals surface area (Å²) in [4.78, 5) is -0.133. The Labute approximate surface area is 242 Å². The molecule has 4 rings (SSSR count). The van der Waals surface area contributed by atoms with E-state index < -0.39 is 26.3 Å². The van der Waals surface area contributed by atoms with Crippen molar-refractivity contribution in [1.29, 1.82) is 0 Å². The van der Waals surface area contributed by atoms with Gasteiger partial charge in [0.2, 0.25) is 0 Å². The van der Waals surface area contributed by atoms with Crippen molar-refractivity contribution in [1.82, 2.24) is 0 Å². The number of nitrogens with two attached hydrogens (primary N) is 1. The van der Waals surface area contributed by atoms with Crippen molar-refractivity contribution in [2.75, 3.05) is 11.9 Å². The van der Waals surface area contributed by atoms with Crippen LogP contribution in [0.2, 0.25) is 0 Å². The maximum absolute atomic E-state index is 10.5. The zero-order valence-electron chi connectivity index (χ0n) is 22.8. The Morgan fingerprint density at radius 2 is 1.05 bits per heavy atom. The number of anilines is 1. The minimum absolute atomic E-state index is 0.0666. The minimum Gasteiger partial charge on any atom is -0.390 e. The lowest BCUT2D eigenvalue weighted by molar-refractivity contribution is 0.156. The van der Waals surface area contributed by atoms with Crippen LogP contribution in [0.25, 0.3) is 0 Å². The molecule has 0 aliphatic heterocycles. The topological polar surface area (TPSA) is 167 Å². The van der Waals surface area contributed by atoms with Crippen LogP contribution in [0.15, 0.2) is 119 Å². The van der Waals surface area contributed by atoms with E-state index in [9.17, 15) is 21.9 Å². The number of para-hydroxylation sites is 1. The lowest BCUT2D eigenvalue weighted by Gasteiger charge is -2.20. The molecule has 2 atom stereocenters. The molecule has 11 heteroatoms. The van der Waals surface area contributed by atoms with E-state index in [1.807, 2.05) is 74.5 Å². The molecule has 0 fully saturated rings. The molecule has 0 radical (unpaired) electrons. The molecule has 0 amide bonds. The number of aliphatic hydroxyl groups excluding tert-OH is 1. The highest BCUT2D eigenvalue weighted by Crippen LogP contribution is 2.10. The predicted molar refractivity (Wildman–Crippen MR) is 161 cm³/mol. The first-order valence-electron chi connectivity index (χ1n) is 12.6. The number of aryl methyl sites for hydroxylation is 2. The van der Waals surface area contributed by atoms with E-state index >= 15 is 0 Å². The van der Waals surface area contributed by atoms with Crippen molar-refractivity contribution in [2.24, 2.45) is 5.73 Å². The summed E-state index contributed by atoms with van der Waals surface area (Å²) in [5.74, 6) is 0. The molecule has 4 aromatic rings. The van der Waals surface area contributed by atoms with Crippen LogP contribution in [0.4, 0.5) is 5.69 Å². The van der Waals surface area contributed by atoms with Crippen molar-refractivity contribution in [3.63, 3.8) is 0 Å². The van der Waals surface area contributed by atoms with Gasteiger partial charge in [-0.25, -0.2) is 0 Å². The van der Waals surface area contributed by atoms with Crippen LogP contribution in [0.1, 0.15) is 16.7 Å². The van der Waals surface area contributed by atoms with Crippen LogP contribution in [0.5, 0.6) is 0 Å². The average Bonchev–Trinajstić information content (AvgIpc) is 2.93. The van der Waals surface area contributed by atoms with E-state index in [0.29, 0.717) is 13.0 Å². The van der Waals surface area contributed by atoms with Crippen LogP contribution in [-0.4, -0.2) is 49.7 Å². The number of hydrogen-bond donors (Lipinski definition) is 5. The molecule has 41 heavy (non-hydrogen) atoms. The van der Waals surface area contributed by atoms with Gasteiger partial charge in [0.25, 0.3) is 20.2 Å². The maximum atomic E-state index is 10.5. The Hall–Kier alpha value is -3.58. The van der Waals surface area contributed by atoms with Gasteiger partial charge in [-0.3, -0.25) is 9.11 Å². The van der Waals surface area contributed by atoms with Crippen LogP contribution in [0.3, 0.4) is 0 Å². The molecule has 0 heterocycles. The summed E-state index contributed by atoms with van der Waals surface area (Å²) in [6, 6.07) is 31.5. The van der Waals surface area contributed by atoms with Crippen LogP contribution in [-0.2, 0) is 26.7 Å². The number of benzene rings is 4. The van der Waals surface area contributed by atoms with Crippen molar-refractivity contribution < 1.29 is 31.0 Å². The van der Waals surface area contributed by atoms with Gasteiger partial charge >= 0.3 is 0 Å². The molecule has 0 aliphatic rings. The smallest absolute Gasteiger partial charge is 0.294 e. The van der Waals surface area contributed by atoms with Gasteiger partial charge in [-0.1, -0.05) is 83.9 Å². The van der Waals surface area contributed by atoms with E-state index in [1.165, 1.54) is 24.3 Å². The third-order valence-electron chi connectivity index (χ3n) is 5.74. The number of hydrogen-bond acceptors (Lipinski definition) is 7. The van der Waals surface area contributed by atoms with Crippen molar-refractivity contribution in [2.45, 2.75) is 42.2 Å². The Bertz CT molecular complexity index is 1460. The lowest BCUT2D eigenvalue weighted by atomic mass is 10.0. The highest BCUT2D eigenvalue weighted by atomic mass is 32.2. The molecule has 6 N–H and O–H groups in total. The van der Waals surface area contributed by atoms with Gasteiger partial charge in [0, 0.05) is 18.3 Å². The Balaban J connectivity index is 0.000000230. The summed E-state index contributed by atoms with van der Waals surface area (Å²) >= 11 is 0. The fourth-order valence-electron chi connectivity index (χ4n) is 3.37. The zero-order chi connectivity index (χ0) is 30.5. The fraction of sp³-hybridized carbons (Fsp3) is 0.200. The molecule has 0 bridgehead atoms. The third kappa shape index (κ3) is 13.1. The highest BCUT2D eigenvalue weighted by molar-refractivity contribution is 7.86. The molecule has 220 valence electrons. The van der Waals surface area contributed by atoms with E-state index in [2.05, 4.69) is 5.32 Å². The van der Waals surface area contributed by atoms with E-state index in [1.54, 1.807) is 24.3 Å². The largest absolute Gasteiger partial charge is 0.390 e. The summed E-state index contributed by atoms with van der Waals surface area (Å²) in [6.07, 6.45) is 0.110. The molecule has 0 spiro atoms. The summed E-state index contributed by atoms with van der Waals surface area (Å²) in [6.45, 7) is 4.14. The first-order valence-corrected chi connectivity index (χ1v) is 15.5. The van der Waals surface area contributed by atoms with Crippen molar-refractivity contribution >= 4 is 25.9 Å². The fourth-order valence-corrected chi connectivity index (χ4v) is 4.33. The molecular formula is C30H36N2O7S2. The first-order chi connectivity index (χ1) is 19.3. The Morgan fingerprint density at radius 3 is 1.44 bits per heavy atom. The summed E-state index contributed by atoms with van der Waals surface area (Å²) in [5.41, 5.74) is 10.1. The second-order valence-electron chi connectivity index (χ2n) is 9.24. The second kappa shape index (κ2) is 16.0. The van der Waals surface area contributed by atoms with Gasteiger partial charge in [-0.2, -0.15) is 16.8 Å². The summed E-state index contributed by atoms with van der Waals surface area (Å²) in [5, 5.41) is 13.2. The average molecular weight is 601 g/mol. The van der Waals surface area contributed by atoms with Gasteiger partial charge in [0.05, 0.1) is 15.9 Å². The SMILES string of the molecule is Cc1ccc(S(=O)(=O)O)cc1.Cc1ccc(S(=O)(=O)O)cc1.N[C@@H](Cc1ccccc1)[C@H](O)CNc1ccccc1. The molecule has 0 unspecified atom stereocenters. The Morgan fingerprint density at radius 1 is 0.659 bits per heavy atom. The molecular weight excluding hydrogens is 564 g/mol. The molecule has 0 aliphatic carbocycles. The minimum atomic E-state index is -4.02. The van der Waals surface area contributed by atoms with Crippen LogP contribution in [0, 0.1) is 13.8 Å². The molecule has 9 nitrogen and oxygen atoms in total. The number of aliphatic hydroxyl groups is 1. The van der Waals surface area contributed by atoms with E-state index in [4.69, 9.17) is 14.8 Å². The van der Waals surface area contributed by atoms with Gasteiger partial charge in [0.15, 0.2) is 0 Å². The van der Waals surface area contributed by atoms with Gasteiger partial charge in [0.1, 0.15) is 0 Å². The van der Waals surface area contributed by atoms with Crippen molar-refractivity contribution in [3.05, 3.63) is 126 Å². The van der Waals surface area contributed by atoms with E-state index in [0.717, 1.165) is 22.4 Å². The predicted octanol–water partition coefficient (Wildman–Crippen LogP) is 4.51. The molecule has 0 aromatic heterocycles. The van der Waals surface area contributed by atoms with Crippen LogP contribution >= 0.6 is 0 Å². The standard InChI is InChI=1S/C16H20N2O.2C7H8O3S/c17-15(11-13-7-3-1-4-8-13)16(19)12-18-14-9-5-2-6-10-14;2*1-6-2-4-7(5-3-6)11(8,9)10/h1-10,15-16,18-19H,11-12,17H2;2*2-5H,1H3,(H,8,9,10)/t15-,16+;;/m0../s1. The van der Waals surface area contributed by atoms with Gasteiger partial charge < -0.3 is 16.2 Å². The Kier molecular flexibility index (Phi) is 13.1. The first kappa shape index (κ1) is 33.6. The molecule has 0 saturated heterocycles. The number of rotatable bonds is 8. The monoisotopic (exact) mass is 600 g/mol. The van der Waals surface area contributed by atoms with Gasteiger partial charge in [-0.15, -0.1) is 0 Å². The molecule has 0 saturated carbocycles. The molecule has 4 aromatic carbocycles. The highest BCUT2D eigenvalue weighted by Gasteiger charge is 2.15. The summed E-state index contributed by atoms with van der Waals surface area (Å²) < 4.78 is 59.1. The quantitative estimate of drug-likeness (QED) is 0.183. The summed E-state index contributed by atoms with van der Waals surface area (Å²) in [7, 11) is -8.04.